The zero-order chi connectivity index (χ0) is 12.3. The van der Waals surface area contributed by atoms with Gasteiger partial charge < -0.3 is 5.32 Å². The lowest BCUT2D eigenvalue weighted by Gasteiger charge is -2.21. The predicted molar refractivity (Wildman–Crippen MR) is 68.7 cm³/mol. The molecule has 0 amide bonds. The van der Waals surface area contributed by atoms with Crippen LogP contribution in [0.3, 0.4) is 0 Å². The van der Waals surface area contributed by atoms with Crippen molar-refractivity contribution in [2.75, 3.05) is 6.54 Å². The molecule has 1 aliphatic rings. The van der Waals surface area contributed by atoms with Gasteiger partial charge in [-0.05, 0) is 31.2 Å². The standard InChI is InChI=1S/C13H24N4/c1-10(2)14-8-12-6-4-5-11(12)7-13-15-9-16-17(13)3/h9-12,14H,4-8H2,1-3H3. The van der Waals surface area contributed by atoms with E-state index in [0.717, 1.165) is 30.6 Å². The van der Waals surface area contributed by atoms with E-state index in [9.17, 15) is 0 Å². The minimum absolute atomic E-state index is 0.589. The molecule has 0 aliphatic heterocycles. The second kappa shape index (κ2) is 5.63. The molecule has 0 radical (unpaired) electrons. The molecule has 2 unspecified atom stereocenters. The van der Waals surface area contributed by atoms with Crippen molar-refractivity contribution in [1.29, 1.82) is 0 Å². The average molecular weight is 236 g/mol. The Morgan fingerprint density at radius 2 is 2.18 bits per heavy atom. The van der Waals surface area contributed by atoms with E-state index in [-0.39, 0.29) is 0 Å². The molecular formula is C13H24N4. The summed E-state index contributed by atoms with van der Waals surface area (Å²) >= 11 is 0. The first-order valence-electron chi connectivity index (χ1n) is 6.73. The number of nitrogens with zero attached hydrogens (tertiary/aromatic N) is 3. The van der Waals surface area contributed by atoms with Gasteiger partial charge in [0.05, 0.1) is 0 Å². The molecule has 2 rings (SSSR count). The molecule has 0 bridgehead atoms. The lowest BCUT2D eigenvalue weighted by molar-refractivity contribution is 0.346. The molecule has 1 heterocycles. The van der Waals surface area contributed by atoms with Crippen molar-refractivity contribution in [3.8, 4) is 0 Å². The second-order valence-electron chi connectivity index (χ2n) is 5.52. The SMILES string of the molecule is CC(C)NCC1CCCC1Cc1ncnn1C. The molecular weight excluding hydrogens is 212 g/mol. The highest BCUT2D eigenvalue weighted by Crippen LogP contribution is 2.33. The molecule has 2 atom stereocenters. The monoisotopic (exact) mass is 236 g/mol. The lowest BCUT2D eigenvalue weighted by atomic mass is 9.92. The van der Waals surface area contributed by atoms with Gasteiger partial charge in [0.2, 0.25) is 0 Å². The quantitative estimate of drug-likeness (QED) is 0.847. The highest BCUT2D eigenvalue weighted by molar-refractivity contribution is 4.91. The summed E-state index contributed by atoms with van der Waals surface area (Å²) < 4.78 is 1.91. The Morgan fingerprint density at radius 3 is 2.82 bits per heavy atom. The smallest absolute Gasteiger partial charge is 0.138 e. The van der Waals surface area contributed by atoms with Gasteiger partial charge in [0, 0.05) is 19.5 Å². The molecule has 96 valence electrons. The molecule has 1 aliphatic carbocycles. The van der Waals surface area contributed by atoms with Crippen molar-refractivity contribution in [2.45, 2.75) is 45.6 Å². The van der Waals surface area contributed by atoms with Gasteiger partial charge in [-0.15, -0.1) is 0 Å². The normalized spacial score (nSPS) is 24.7. The summed E-state index contributed by atoms with van der Waals surface area (Å²) in [6.45, 7) is 5.58. The molecule has 1 saturated carbocycles. The molecule has 4 heteroatoms. The van der Waals surface area contributed by atoms with Gasteiger partial charge in [-0.2, -0.15) is 5.10 Å². The van der Waals surface area contributed by atoms with Gasteiger partial charge in [-0.25, -0.2) is 4.98 Å². The highest BCUT2D eigenvalue weighted by atomic mass is 15.3. The Balaban J connectivity index is 1.89. The Labute approximate surface area is 104 Å². The van der Waals surface area contributed by atoms with E-state index in [1.807, 2.05) is 11.7 Å². The van der Waals surface area contributed by atoms with Crippen LogP contribution in [-0.4, -0.2) is 27.4 Å². The van der Waals surface area contributed by atoms with E-state index >= 15 is 0 Å². The number of aryl methyl sites for hydroxylation is 1. The lowest BCUT2D eigenvalue weighted by Crippen LogP contribution is -2.31. The van der Waals surface area contributed by atoms with Gasteiger partial charge in [0.15, 0.2) is 0 Å². The first kappa shape index (κ1) is 12.6. The van der Waals surface area contributed by atoms with Gasteiger partial charge in [-0.3, -0.25) is 4.68 Å². The van der Waals surface area contributed by atoms with Crippen LogP contribution < -0.4 is 5.32 Å². The second-order valence-corrected chi connectivity index (χ2v) is 5.52. The van der Waals surface area contributed by atoms with Gasteiger partial charge in [-0.1, -0.05) is 20.3 Å². The average Bonchev–Trinajstić information content (AvgIpc) is 2.87. The summed E-state index contributed by atoms with van der Waals surface area (Å²) in [5.41, 5.74) is 0. The fourth-order valence-corrected chi connectivity index (χ4v) is 2.78. The Bertz CT molecular complexity index is 345. The first-order chi connectivity index (χ1) is 8.16. The first-order valence-corrected chi connectivity index (χ1v) is 6.73. The van der Waals surface area contributed by atoms with Gasteiger partial charge in [0.1, 0.15) is 12.2 Å². The summed E-state index contributed by atoms with van der Waals surface area (Å²) in [4.78, 5) is 4.34. The highest BCUT2D eigenvalue weighted by Gasteiger charge is 2.28. The van der Waals surface area contributed by atoms with Crippen LogP contribution >= 0.6 is 0 Å². The number of aromatic nitrogens is 3. The molecule has 1 aromatic heterocycles. The van der Waals surface area contributed by atoms with E-state index in [0.29, 0.717) is 6.04 Å². The number of nitrogens with one attached hydrogen (secondary N) is 1. The van der Waals surface area contributed by atoms with Crippen LogP contribution in [0.15, 0.2) is 6.33 Å². The number of hydrogen-bond acceptors (Lipinski definition) is 3. The van der Waals surface area contributed by atoms with E-state index < -0.39 is 0 Å². The summed E-state index contributed by atoms with van der Waals surface area (Å²) in [5.74, 6) is 2.73. The van der Waals surface area contributed by atoms with Gasteiger partial charge >= 0.3 is 0 Å². The topological polar surface area (TPSA) is 42.7 Å². The van der Waals surface area contributed by atoms with E-state index in [4.69, 9.17) is 0 Å². The predicted octanol–water partition coefficient (Wildman–Crippen LogP) is 1.77. The van der Waals surface area contributed by atoms with Crippen LogP contribution in [0.2, 0.25) is 0 Å². The molecule has 0 aromatic carbocycles. The van der Waals surface area contributed by atoms with Crippen molar-refractivity contribution in [3.63, 3.8) is 0 Å². The summed E-state index contributed by atoms with van der Waals surface area (Å²) in [6, 6.07) is 0.589. The summed E-state index contributed by atoms with van der Waals surface area (Å²) in [7, 11) is 1.98. The third kappa shape index (κ3) is 3.28. The minimum atomic E-state index is 0.589. The van der Waals surface area contributed by atoms with Crippen LogP contribution in [0.4, 0.5) is 0 Å². The van der Waals surface area contributed by atoms with E-state index in [1.165, 1.54) is 19.3 Å². The Morgan fingerprint density at radius 1 is 1.41 bits per heavy atom. The Hall–Kier alpha value is -0.900. The maximum Gasteiger partial charge on any atom is 0.138 e. The Kier molecular flexibility index (Phi) is 4.15. The molecule has 0 spiro atoms. The number of rotatable bonds is 5. The van der Waals surface area contributed by atoms with E-state index in [2.05, 4.69) is 29.2 Å². The van der Waals surface area contributed by atoms with Crippen molar-refractivity contribution < 1.29 is 0 Å². The molecule has 4 nitrogen and oxygen atoms in total. The fourth-order valence-electron chi connectivity index (χ4n) is 2.78. The van der Waals surface area contributed by atoms with Crippen LogP contribution in [-0.2, 0) is 13.5 Å². The third-order valence-electron chi connectivity index (χ3n) is 3.85. The zero-order valence-electron chi connectivity index (χ0n) is 11.2. The summed E-state index contributed by atoms with van der Waals surface area (Å²) in [5, 5.41) is 7.72. The van der Waals surface area contributed by atoms with Crippen molar-refractivity contribution in [2.24, 2.45) is 18.9 Å². The fraction of sp³-hybridized carbons (Fsp3) is 0.846. The largest absolute Gasteiger partial charge is 0.314 e. The van der Waals surface area contributed by atoms with Gasteiger partial charge in [0.25, 0.3) is 0 Å². The van der Waals surface area contributed by atoms with Crippen molar-refractivity contribution in [3.05, 3.63) is 12.2 Å². The van der Waals surface area contributed by atoms with Crippen LogP contribution in [0.1, 0.15) is 38.9 Å². The van der Waals surface area contributed by atoms with Crippen LogP contribution in [0, 0.1) is 11.8 Å². The van der Waals surface area contributed by atoms with Crippen LogP contribution in [0.5, 0.6) is 0 Å². The van der Waals surface area contributed by atoms with Crippen LogP contribution in [0.25, 0.3) is 0 Å². The van der Waals surface area contributed by atoms with Crippen molar-refractivity contribution >= 4 is 0 Å². The third-order valence-corrected chi connectivity index (χ3v) is 3.85. The molecule has 17 heavy (non-hydrogen) atoms. The molecule has 1 fully saturated rings. The summed E-state index contributed by atoms with van der Waals surface area (Å²) in [6.07, 6.45) is 6.82. The van der Waals surface area contributed by atoms with E-state index in [1.54, 1.807) is 6.33 Å². The maximum atomic E-state index is 4.34. The zero-order valence-corrected chi connectivity index (χ0v) is 11.2. The maximum absolute atomic E-state index is 4.34. The van der Waals surface area contributed by atoms with Crippen molar-refractivity contribution in [1.82, 2.24) is 20.1 Å². The minimum Gasteiger partial charge on any atom is -0.314 e. The molecule has 1 N–H and O–H groups in total. The number of hydrogen-bond donors (Lipinski definition) is 1. The molecule has 0 saturated heterocycles. The molecule has 1 aromatic rings.